The average Bonchev–Trinajstić information content (AvgIpc) is 3.00. The first-order chi connectivity index (χ1) is 12.1. The molecule has 0 saturated heterocycles. The molecule has 0 unspecified atom stereocenters. The summed E-state index contributed by atoms with van der Waals surface area (Å²) in [6.45, 7) is 6.15. The van der Waals surface area contributed by atoms with Crippen LogP contribution in [0.25, 0.3) is 0 Å². The maximum Gasteiger partial charge on any atom is 0.255 e. The van der Waals surface area contributed by atoms with Gasteiger partial charge in [0.15, 0.2) is 11.5 Å². The van der Waals surface area contributed by atoms with Crippen LogP contribution in [0.5, 0.6) is 17.2 Å². The molecule has 134 valence electrons. The molecule has 0 radical (unpaired) electrons. The summed E-state index contributed by atoms with van der Waals surface area (Å²) in [5.74, 6) is 1.83. The minimum Gasteiger partial charge on any atom is -0.496 e. The second-order valence-corrected chi connectivity index (χ2v) is 5.86. The van der Waals surface area contributed by atoms with Gasteiger partial charge in [-0.05, 0) is 19.4 Å². The van der Waals surface area contributed by atoms with Gasteiger partial charge in [-0.15, -0.1) is 0 Å². The van der Waals surface area contributed by atoms with Gasteiger partial charge in [-0.2, -0.15) is 5.10 Å². The van der Waals surface area contributed by atoms with Crippen LogP contribution in [0, 0.1) is 6.92 Å². The third kappa shape index (κ3) is 3.55. The number of fused-ring (bicyclic) bond motifs is 1. The summed E-state index contributed by atoms with van der Waals surface area (Å²) in [4.78, 5) is 12.5. The van der Waals surface area contributed by atoms with Crippen molar-refractivity contribution in [3.05, 3.63) is 35.2 Å². The quantitative estimate of drug-likeness (QED) is 0.870. The molecule has 2 aromatic rings. The molecule has 1 N–H and O–H groups in total. The zero-order valence-electron chi connectivity index (χ0n) is 14.8. The van der Waals surface area contributed by atoms with E-state index in [-0.39, 0.29) is 5.91 Å². The van der Waals surface area contributed by atoms with Gasteiger partial charge in [0.1, 0.15) is 19.0 Å². The smallest absolute Gasteiger partial charge is 0.255 e. The molecule has 0 atom stereocenters. The Morgan fingerprint density at radius 1 is 1.32 bits per heavy atom. The molecule has 0 bridgehead atoms. The number of carbonyl (C=O) groups excluding carboxylic acids is 1. The van der Waals surface area contributed by atoms with E-state index in [1.54, 1.807) is 19.4 Å². The lowest BCUT2D eigenvalue weighted by Crippen LogP contribution is -2.24. The topological polar surface area (TPSA) is 74.6 Å². The summed E-state index contributed by atoms with van der Waals surface area (Å²) >= 11 is 0. The van der Waals surface area contributed by atoms with Crippen molar-refractivity contribution in [2.75, 3.05) is 20.3 Å². The summed E-state index contributed by atoms with van der Waals surface area (Å²) in [7, 11) is 1.59. The molecule has 2 heterocycles. The van der Waals surface area contributed by atoms with Crippen LogP contribution in [0.3, 0.4) is 0 Å². The van der Waals surface area contributed by atoms with Crippen molar-refractivity contribution in [3.8, 4) is 17.2 Å². The molecule has 1 aromatic heterocycles. The number of aromatic nitrogens is 2. The van der Waals surface area contributed by atoms with Gasteiger partial charge in [0, 0.05) is 30.4 Å². The van der Waals surface area contributed by atoms with Crippen molar-refractivity contribution < 1.29 is 19.0 Å². The van der Waals surface area contributed by atoms with Crippen LogP contribution in [0.1, 0.15) is 35.0 Å². The van der Waals surface area contributed by atoms with Gasteiger partial charge >= 0.3 is 0 Å². The fraction of sp³-hybridized carbons (Fsp3) is 0.444. The van der Waals surface area contributed by atoms with E-state index < -0.39 is 0 Å². The van der Waals surface area contributed by atoms with E-state index in [9.17, 15) is 4.79 Å². The van der Waals surface area contributed by atoms with E-state index in [1.807, 2.05) is 17.7 Å². The number of amides is 1. The van der Waals surface area contributed by atoms with Crippen molar-refractivity contribution in [2.24, 2.45) is 0 Å². The number of nitrogens with one attached hydrogen (secondary N) is 1. The lowest BCUT2D eigenvalue weighted by Gasteiger charge is -2.20. The van der Waals surface area contributed by atoms with E-state index in [0.717, 1.165) is 24.2 Å². The van der Waals surface area contributed by atoms with E-state index in [1.165, 1.54) is 0 Å². The summed E-state index contributed by atoms with van der Waals surface area (Å²) < 4.78 is 18.4. The Hall–Kier alpha value is -2.70. The highest BCUT2D eigenvalue weighted by atomic mass is 16.6. The Kier molecular flexibility index (Phi) is 5.11. The highest BCUT2D eigenvalue weighted by molar-refractivity contribution is 5.95. The Morgan fingerprint density at radius 2 is 2.04 bits per heavy atom. The first-order valence-corrected chi connectivity index (χ1v) is 8.41. The number of carbonyl (C=O) groups is 1. The number of ether oxygens (including phenoxy) is 3. The maximum absolute atomic E-state index is 12.5. The zero-order valence-corrected chi connectivity index (χ0v) is 14.8. The lowest BCUT2D eigenvalue weighted by molar-refractivity contribution is 0.0949. The van der Waals surface area contributed by atoms with E-state index in [2.05, 4.69) is 17.3 Å². The van der Waals surface area contributed by atoms with Crippen LogP contribution in [-0.4, -0.2) is 36.0 Å². The SMILES string of the molecule is CCCn1ncc(C(=O)NCc2cc3c(cc2OC)OCCO3)c1C. The number of nitrogens with zero attached hydrogens (tertiary/aromatic N) is 2. The van der Waals surface area contributed by atoms with Crippen molar-refractivity contribution in [2.45, 2.75) is 33.4 Å². The predicted octanol–water partition coefficient (Wildman–Crippen LogP) is 2.31. The van der Waals surface area contributed by atoms with Gasteiger partial charge in [0.05, 0.1) is 18.9 Å². The molecule has 0 saturated carbocycles. The van der Waals surface area contributed by atoms with Gasteiger partial charge in [0.25, 0.3) is 5.91 Å². The normalized spacial score (nSPS) is 12.8. The minimum absolute atomic E-state index is 0.156. The summed E-state index contributed by atoms with van der Waals surface area (Å²) in [5.41, 5.74) is 2.29. The number of hydrogen-bond acceptors (Lipinski definition) is 5. The molecule has 1 aliphatic rings. The highest BCUT2D eigenvalue weighted by Crippen LogP contribution is 2.36. The summed E-state index contributed by atoms with van der Waals surface area (Å²) in [5, 5.41) is 7.19. The largest absolute Gasteiger partial charge is 0.496 e. The highest BCUT2D eigenvalue weighted by Gasteiger charge is 2.18. The number of aryl methyl sites for hydroxylation is 1. The monoisotopic (exact) mass is 345 g/mol. The van der Waals surface area contributed by atoms with Crippen molar-refractivity contribution >= 4 is 5.91 Å². The molecule has 0 fully saturated rings. The molecule has 1 amide bonds. The van der Waals surface area contributed by atoms with Crippen LogP contribution >= 0.6 is 0 Å². The van der Waals surface area contributed by atoms with Crippen LogP contribution < -0.4 is 19.5 Å². The van der Waals surface area contributed by atoms with Gasteiger partial charge in [0.2, 0.25) is 0 Å². The van der Waals surface area contributed by atoms with Crippen LogP contribution in [0.2, 0.25) is 0 Å². The average molecular weight is 345 g/mol. The molecule has 1 aromatic carbocycles. The third-order valence-corrected chi connectivity index (χ3v) is 4.17. The third-order valence-electron chi connectivity index (χ3n) is 4.17. The molecule has 7 heteroatoms. The Morgan fingerprint density at radius 3 is 2.72 bits per heavy atom. The molecule has 7 nitrogen and oxygen atoms in total. The van der Waals surface area contributed by atoms with Crippen molar-refractivity contribution in [1.29, 1.82) is 0 Å². The lowest BCUT2D eigenvalue weighted by atomic mass is 10.1. The Bertz CT molecular complexity index is 770. The second kappa shape index (κ2) is 7.46. The minimum atomic E-state index is -0.156. The standard InChI is InChI=1S/C18H23N3O4/c1-4-5-21-12(2)14(11-20-21)18(22)19-10-13-8-16-17(9-15(13)23-3)25-7-6-24-16/h8-9,11H,4-7,10H2,1-3H3,(H,19,22). The molecule has 3 rings (SSSR count). The molecule has 0 spiro atoms. The number of hydrogen-bond donors (Lipinski definition) is 1. The van der Waals surface area contributed by atoms with Gasteiger partial charge < -0.3 is 19.5 Å². The molecular formula is C18H23N3O4. The molecule has 25 heavy (non-hydrogen) atoms. The first kappa shape index (κ1) is 17.1. The zero-order chi connectivity index (χ0) is 17.8. The Balaban J connectivity index is 1.73. The van der Waals surface area contributed by atoms with E-state index in [4.69, 9.17) is 14.2 Å². The first-order valence-electron chi connectivity index (χ1n) is 8.41. The van der Waals surface area contributed by atoms with Gasteiger partial charge in [-0.3, -0.25) is 9.48 Å². The van der Waals surface area contributed by atoms with Crippen LogP contribution in [0.15, 0.2) is 18.3 Å². The van der Waals surface area contributed by atoms with Crippen molar-refractivity contribution in [3.63, 3.8) is 0 Å². The number of methoxy groups -OCH3 is 1. The second-order valence-electron chi connectivity index (χ2n) is 5.86. The van der Waals surface area contributed by atoms with E-state index >= 15 is 0 Å². The van der Waals surface area contributed by atoms with Crippen LogP contribution in [-0.2, 0) is 13.1 Å². The maximum atomic E-state index is 12.5. The van der Waals surface area contributed by atoms with Gasteiger partial charge in [-0.1, -0.05) is 6.92 Å². The predicted molar refractivity (Wildman–Crippen MR) is 92.4 cm³/mol. The molecule has 1 aliphatic heterocycles. The number of benzene rings is 1. The van der Waals surface area contributed by atoms with Crippen molar-refractivity contribution in [1.82, 2.24) is 15.1 Å². The summed E-state index contributed by atoms with van der Waals surface area (Å²) in [6.07, 6.45) is 2.58. The van der Waals surface area contributed by atoms with Crippen LogP contribution in [0.4, 0.5) is 0 Å². The number of rotatable bonds is 6. The van der Waals surface area contributed by atoms with E-state index in [0.29, 0.717) is 42.6 Å². The molecular weight excluding hydrogens is 322 g/mol. The fourth-order valence-electron chi connectivity index (χ4n) is 2.82. The fourth-order valence-corrected chi connectivity index (χ4v) is 2.82. The summed E-state index contributed by atoms with van der Waals surface area (Å²) in [6, 6.07) is 3.64. The van der Waals surface area contributed by atoms with Gasteiger partial charge in [-0.25, -0.2) is 0 Å². The Labute approximate surface area is 146 Å². The molecule has 0 aliphatic carbocycles.